The Labute approximate surface area is 156 Å². The number of hydrogen-bond donors (Lipinski definition) is 1. The Morgan fingerprint density at radius 1 is 1.04 bits per heavy atom. The molecule has 0 radical (unpaired) electrons. The largest absolute Gasteiger partial charge is 0.486 e. The van der Waals surface area contributed by atoms with Crippen molar-refractivity contribution in [3.8, 4) is 17.5 Å². The van der Waals surface area contributed by atoms with E-state index in [1.165, 1.54) is 14.2 Å². The van der Waals surface area contributed by atoms with Crippen molar-refractivity contribution in [3.05, 3.63) is 66.2 Å². The average Bonchev–Trinajstić information content (AvgIpc) is 2.73. The van der Waals surface area contributed by atoms with Gasteiger partial charge in [0.15, 0.2) is 5.82 Å². The van der Waals surface area contributed by atoms with Crippen molar-refractivity contribution >= 4 is 11.6 Å². The van der Waals surface area contributed by atoms with Crippen molar-refractivity contribution in [2.45, 2.75) is 6.61 Å². The summed E-state index contributed by atoms with van der Waals surface area (Å²) in [5.41, 5.74) is 1.08. The van der Waals surface area contributed by atoms with Crippen LogP contribution in [0.5, 0.6) is 17.5 Å². The Bertz CT molecular complexity index is 896. The first kappa shape index (κ1) is 18.1. The lowest BCUT2D eigenvalue weighted by molar-refractivity contribution is 0.102. The number of methoxy groups -OCH3 is 2. The number of aromatic nitrogens is 3. The van der Waals surface area contributed by atoms with Crippen LogP contribution in [0, 0.1) is 0 Å². The molecule has 0 aliphatic rings. The molecule has 0 unspecified atom stereocenters. The highest BCUT2D eigenvalue weighted by Crippen LogP contribution is 2.18. The quantitative estimate of drug-likeness (QED) is 0.687. The molecule has 138 valence electrons. The van der Waals surface area contributed by atoms with Crippen LogP contribution in [0.15, 0.2) is 54.9 Å². The first-order valence-corrected chi connectivity index (χ1v) is 8.08. The summed E-state index contributed by atoms with van der Waals surface area (Å²) in [6, 6.07) is 11.9. The number of anilines is 1. The van der Waals surface area contributed by atoms with Crippen molar-refractivity contribution in [3.63, 3.8) is 0 Å². The fourth-order valence-electron chi connectivity index (χ4n) is 2.24. The highest BCUT2D eigenvalue weighted by atomic mass is 16.5. The van der Waals surface area contributed by atoms with Gasteiger partial charge in [-0.05, 0) is 30.3 Å². The van der Waals surface area contributed by atoms with E-state index in [1.54, 1.807) is 54.9 Å². The highest BCUT2D eigenvalue weighted by Gasteiger charge is 2.09. The predicted octanol–water partition coefficient (Wildman–Crippen LogP) is 2.72. The Balaban J connectivity index is 1.68. The zero-order valence-electron chi connectivity index (χ0n) is 14.9. The molecular weight excluding hydrogens is 348 g/mol. The Morgan fingerprint density at radius 3 is 2.48 bits per heavy atom. The van der Waals surface area contributed by atoms with Crippen molar-refractivity contribution in [2.24, 2.45) is 0 Å². The molecule has 8 nitrogen and oxygen atoms in total. The first-order valence-electron chi connectivity index (χ1n) is 8.08. The third-order valence-corrected chi connectivity index (χ3v) is 3.53. The summed E-state index contributed by atoms with van der Waals surface area (Å²) in [6.07, 6.45) is 3.21. The van der Waals surface area contributed by atoms with E-state index in [1.807, 2.05) is 0 Å². The number of nitrogens with one attached hydrogen (secondary N) is 1. The van der Waals surface area contributed by atoms with Gasteiger partial charge in [-0.1, -0.05) is 6.07 Å². The van der Waals surface area contributed by atoms with Crippen LogP contribution in [0.1, 0.15) is 16.2 Å². The molecule has 1 aromatic carbocycles. The van der Waals surface area contributed by atoms with E-state index >= 15 is 0 Å². The van der Waals surface area contributed by atoms with Gasteiger partial charge in [0.2, 0.25) is 11.8 Å². The summed E-state index contributed by atoms with van der Waals surface area (Å²) < 4.78 is 15.9. The van der Waals surface area contributed by atoms with Crippen LogP contribution < -0.4 is 19.5 Å². The van der Waals surface area contributed by atoms with Gasteiger partial charge in [0.25, 0.3) is 5.91 Å². The number of hydrogen-bond acceptors (Lipinski definition) is 7. The molecule has 0 aliphatic carbocycles. The van der Waals surface area contributed by atoms with E-state index in [0.29, 0.717) is 34.6 Å². The van der Waals surface area contributed by atoms with E-state index in [0.717, 1.165) is 0 Å². The Kier molecular flexibility index (Phi) is 5.78. The van der Waals surface area contributed by atoms with Crippen LogP contribution in [0.25, 0.3) is 0 Å². The van der Waals surface area contributed by atoms with Crippen molar-refractivity contribution in [2.75, 3.05) is 19.5 Å². The Morgan fingerprint density at radius 2 is 1.81 bits per heavy atom. The molecule has 2 heterocycles. The predicted molar refractivity (Wildman–Crippen MR) is 98.1 cm³/mol. The van der Waals surface area contributed by atoms with Gasteiger partial charge in [0, 0.05) is 11.8 Å². The molecular formula is C19H18N4O4. The lowest BCUT2D eigenvalue weighted by Gasteiger charge is -2.09. The van der Waals surface area contributed by atoms with Crippen LogP contribution in [0.4, 0.5) is 5.69 Å². The molecule has 0 saturated heterocycles. The van der Waals surface area contributed by atoms with Gasteiger partial charge < -0.3 is 19.5 Å². The second kappa shape index (κ2) is 8.61. The van der Waals surface area contributed by atoms with Crippen LogP contribution in [0.2, 0.25) is 0 Å². The van der Waals surface area contributed by atoms with Crippen molar-refractivity contribution in [1.82, 2.24) is 15.0 Å². The number of carbonyl (C=O) groups is 1. The lowest BCUT2D eigenvalue weighted by atomic mass is 10.2. The van der Waals surface area contributed by atoms with Gasteiger partial charge >= 0.3 is 0 Å². The normalized spacial score (nSPS) is 10.1. The van der Waals surface area contributed by atoms with Crippen LogP contribution >= 0.6 is 0 Å². The summed E-state index contributed by atoms with van der Waals surface area (Å²) >= 11 is 0. The standard InChI is InChI=1S/C19H18N4O4/c1-25-17-10-18(26-2)23-16(22-17)12-27-15-7-3-5-13(9-15)19(24)21-14-6-4-8-20-11-14/h3-11H,12H2,1-2H3,(H,21,24). The maximum Gasteiger partial charge on any atom is 0.255 e. The maximum absolute atomic E-state index is 12.4. The zero-order chi connectivity index (χ0) is 19.1. The van der Waals surface area contributed by atoms with Gasteiger partial charge in [-0.3, -0.25) is 9.78 Å². The molecule has 27 heavy (non-hydrogen) atoms. The van der Waals surface area contributed by atoms with Crippen molar-refractivity contribution < 1.29 is 19.0 Å². The number of pyridine rings is 1. The molecule has 3 aromatic rings. The highest BCUT2D eigenvalue weighted by molar-refractivity contribution is 6.04. The van der Waals surface area contributed by atoms with E-state index in [9.17, 15) is 4.79 Å². The van der Waals surface area contributed by atoms with Crippen LogP contribution in [-0.2, 0) is 6.61 Å². The minimum atomic E-state index is -0.257. The molecule has 1 N–H and O–H groups in total. The lowest BCUT2D eigenvalue weighted by Crippen LogP contribution is -2.12. The average molecular weight is 366 g/mol. The van der Waals surface area contributed by atoms with Crippen LogP contribution in [0.3, 0.4) is 0 Å². The molecule has 0 saturated carbocycles. The van der Waals surface area contributed by atoms with Gasteiger partial charge in [-0.15, -0.1) is 0 Å². The Hall–Kier alpha value is -3.68. The zero-order valence-corrected chi connectivity index (χ0v) is 14.9. The number of ether oxygens (including phenoxy) is 3. The summed E-state index contributed by atoms with van der Waals surface area (Å²) in [7, 11) is 3.02. The maximum atomic E-state index is 12.4. The number of carbonyl (C=O) groups excluding carboxylic acids is 1. The topological polar surface area (TPSA) is 95.5 Å². The molecule has 0 fully saturated rings. The minimum Gasteiger partial charge on any atom is -0.486 e. The molecule has 8 heteroatoms. The molecule has 3 rings (SSSR count). The molecule has 0 bridgehead atoms. The van der Waals surface area contributed by atoms with E-state index < -0.39 is 0 Å². The third-order valence-electron chi connectivity index (χ3n) is 3.53. The van der Waals surface area contributed by atoms with Gasteiger partial charge in [-0.25, -0.2) is 0 Å². The summed E-state index contributed by atoms with van der Waals surface area (Å²) in [5.74, 6) is 1.42. The molecule has 2 aromatic heterocycles. The third kappa shape index (κ3) is 4.91. The van der Waals surface area contributed by atoms with Crippen molar-refractivity contribution in [1.29, 1.82) is 0 Å². The molecule has 1 amide bonds. The number of nitrogens with zero attached hydrogens (tertiary/aromatic N) is 3. The summed E-state index contributed by atoms with van der Waals surface area (Å²) in [5, 5.41) is 2.77. The van der Waals surface area contributed by atoms with Gasteiger partial charge in [0.1, 0.15) is 12.4 Å². The second-order valence-electron chi connectivity index (χ2n) is 5.38. The second-order valence-corrected chi connectivity index (χ2v) is 5.38. The molecule has 0 aliphatic heterocycles. The monoisotopic (exact) mass is 366 g/mol. The summed E-state index contributed by atoms with van der Waals surface area (Å²) in [6.45, 7) is 0.0985. The fraction of sp³-hybridized carbons (Fsp3) is 0.158. The summed E-state index contributed by atoms with van der Waals surface area (Å²) in [4.78, 5) is 24.7. The van der Waals surface area contributed by atoms with E-state index in [4.69, 9.17) is 14.2 Å². The number of amides is 1. The smallest absolute Gasteiger partial charge is 0.255 e. The van der Waals surface area contributed by atoms with Gasteiger partial charge in [0.05, 0.1) is 32.2 Å². The first-order chi connectivity index (χ1) is 13.2. The number of benzene rings is 1. The minimum absolute atomic E-state index is 0.0985. The SMILES string of the molecule is COc1cc(OC)nc(COc2cccc(C(=O)Nc3cccnc3)c2)n1. The van der Waals surface area contributed by atoms with Gasteiger partial charge in [-0.2, -0.15) is 9.97 Å². The number of rotatable bonds is 7. The fourth-order valence-corrected chi connectivity index (χ4v) is 2.24. The van der Waals surface area contributed by atoms with E-state index in [-0.39, 0.29) is 12.5 Å². The molecule has 0 spiro atoms. The van der Waals surface area contributed by atoms with Crippen LogP contribution in [-0.4, -0.2) is 35.1 Å². The van der Waals surface area contributed by atoms with E-state index in [2.05, 4.69) is 20.3 Å². The molecule has 0 atom stereocenters.